The number of fused-ring (bicyclic) bond motifs is 1. The van der Waals surface area contributed by atoms with E-state index in [9.17, 15) is 28.3 Å². The number of carboxylic acids is 1. The fourth-order valence-corrected chi connectivity index (χ4v) is 6.94. The number of ether oxygens (including phenoxy) is 1. The van der Waals surface area contributed by atoms with Gasteiger partial charge < -0.3 is 20.1 Å². The number of aliphatic imine (C=N–C) groups is 1. The van der Waals surface area contributed by atoms with E-state index in [1.165, 1.54) is 34.4 Å². The minimum absolute atomic E-state index is 0.0600. The Bertz CT molecular complexity index is 1730. The highest BCUT2D eigenvalue weighted by Crippen LogP contribution is 2.38. The van der Waals surface area contributed by atoms with E-state index in [2.05, 4.69) is 15.2 Å². The number of likely N-dealkylation sites (tertiary alicyclic amines) is 1. The maximum absolute atomic E-state index is 14.9. The Morgan fingerprint density at radius 1 is 1.18 bits per heavy atom. The predicted octanol–water partition coefficient (Wildman–Crippen LogP) is 4.32. The van der Waals surface area contributed by atoms with Crippen LogP contribution in [0.25, 0.3) is 0 Å². The number of nitrogens with zero attached hydrogens (tertiary/aromatic N) is 4. The Kier molecular flexibility index (Phi) is 8.47. The highest BCUT2D eigenvalue weighted by molar-refractivity contribution is 7.11. The van der Waals surface area contributed by atoms with Gasteiger partial charge in [-0.3, -0.25) is 14.7 Å². The summed E-state index contributed by atoms with van der Waals surface area (Å²) in [6.07, 6.45) is 2.18. The number of benzene rings is 2. The van der Waals surface area contributed by atoms with Gasteiger partial charge in [0.25, 0.3) is 0 Å². The third-order valence-corrected chi connectivity index (χ3v) is 9.33. The van der Waals surface area contributed by atoms with Crippen LogP contribution in [0.5, 0.6) is 0 Å². The van der Waals surface area contributed by atoms with Gasteiger partial charge in [-0.15, -0.1) is 11.3 Å². The van der Waals surface area contributed by atoms with Gasteiger partial charge in [0, 0.05) is 48.7 Å². The number of rotatable bonds is 8. The van der Waals surface area contributed by atoms with Gasteiger partial charge in [0.15, 0.2) is 10.8 Å². The molecule has 2 N–H and O–H groups in total. The van der Waals surface area contributed by atoms with Crippen molar-refractivity contribution in [2.75, 3.05) is 37.7 Å². The van der Waals surface area contributed by atoms with Crippen LogP contribution >= 0.6 is 11.3 Å². The predicted molar refractivity (Wildman–Crippen MR) is 163 cm³/mol. The van der Waals surface area contributed by atoms with E-state index in [1.807, 2.05) is 5.38 Å². The second kappa shape index (κ2) is 12.5. The molecule has 0 spiro atoms. The SMILES string of the molecule is CCOC(=O)C1=C(CN2CC[C@H]3C(=O)N(c4ccc(C(=O)O)cc4F)C[C@H]3C2)NC(c2nccs2)=NC1c1cccc(F)c1C. The molecule has 13 heteroatoms. The minimum atomic E-state index is -1.25. The van der Waals surface area contributed by atoms with Crippen molar-refractivity contribution in [3.63, 3.8) is 0 Å². The molecule has 3 aromatic rings. The smallest absolute Gasteiger partial charge is 0.338 e. The Hall–Kier alpha value is -4.49. The molecule has 0 radical (unpaired) electrons. The number of nitrogens with one attached hydrogen (secondary N) is 1. The second-order valence-corrected chi connectivity index (χ2v) is 12.1. The number of carboxylic acid groups (broad SMARTS) is 1. The van der Waals surface area contributed by atoms with Crippen LogP contribution in [-0.2, 0) is 14.3 Å². The number of aromatic nitrogens is 1. The van der Waals surface area contributed by atoms with E-state index in [0.717, 1.165) is 6.07 Å². The van der Waals surface area contributed by atoms with Crippen LogP contribution in [0.3, 0.4) is 0 Å². The van der Waals surface area contributed by atoms with E-state index in [1.54, 1.807) is 32.2 Å². The summed E-state index contributed by atoms with van der Waals surface area (Å²) in [5, 5.41) is 14.9. The van der Waals surface area contributed by atoms with Crippen molar-refractivity contribution >= 4 is 40.7 Å². The molecule has 234 valence electrons. The molecule has 0 aliphatic carbocycles. The zero-order valence-electron chi connectivity index (χ0n) is 24.6. The second-order valence-electron chi connectivity index (χ2n) is 11.2. The van der Waals surface area contributed by atoms with Crippen LogP contribution in [0.2, 0.25) is 0 Å². The molecule has 3 aliphatic heterocycles. The van der Waals surface area contributed by atoms with Gasteiger partial charge in [-0.25, -0.2) is 23.4 Å². The summed E-state index contributed by atoms with van der Waals surface area (Å²) in [5.41, 5.74) is 1.61. The molecular weight excluding hydrogens is 604 g/mol. The highest BCUT2D eigenvalue weighted by atomic mass is 32.1. The number of amides is 1. The molecule has 2 fully saturated rings. The molecule has 0 saturated carbocycles. The normalized spacial score (nSPS) is 21.8. The summed E-state index contributed by atoms with van der Waals surface area (Å²) in [5.74, 6) is -3.14. The minimum Gasteiger partial charge on any atom is -0.478 e. The highest BCUT2D eigenvalue weighted by Gasteiger charge is 2.45. The molecule has 1 unspecified atom stereocenters. The first-order valence-corrected chi connectivity index (χ1v) is 15.5. The number of carbonyl (C=O) groups is 3. The topological polar surface area (TPSA) is 124 Å². The van der Waals surface area contributed by atoms with Crippen molar-refractivity contribution in [1.29, 1.82) is 0 Å². The number of carbonyl (C=O) groups excluding carboxylic acids is 2. The molecular formula is C32H31F2N5O5S. The van der Waals surface area contributed by atoms with Gasteiger partial charge in [-0.2, -0.15) is 0 Å². The third kappa shape index (κ3) is 5.85. The van der Waals surface area contributed by atoms with E-state index in [-0.39, 0.29) is 47.7 Å². The Morgan fingerprint density at radius 3 is 2.71 bits per heavy atom. The number of amidine groups is 1. The maximum atomic E-state index is 14.9. The summed E-state index contributed by atoms with van der Waals surface area (Å²) in [4.78, 5) is 50.9. The molecule has 1 aromatic heterocycles. The molecule has 3 atom stereocenters. The van der Waals surface area contributed by atoms with Gasteiger partial charge in [-0.1, -0.05) is 12.1 Å². The number of thiazole rings is 1. The molecule has 45 heavy (non-hydrogen) atoms. The molecule has 1 amide bonds. The zero-order valence-corrected chi connectivity index (χ0v) is 25.4. The standard InChI is InChI=1S/C32H31F2N5O5S/c1-3-44-32(43)26-24(36-28(29-35-10-12-45-29)37-27(26)20-5-4-6-22(33)17(20)2)16-38-11-9-21-19(14-38)15-39(30(21)40)25-8-7-18(31(41)42)13-23(25)34/h4-8,10,12-13,19,21,27H,3,9,11,14-16H2,1-2H3,(H,36,37)(H,41,42)/t19-,21-,27?/m1/s1. The van der Waals surface area contributed by atoms with Crippen LogP contribution in [-0.4, -0.2) is 71.5 Å². The summed E-state index contributed by atoms with van der Waals surface area (Å²) in [7, 11) is 0. The van der Waals surface area contributed by atoms with Crippen LogP contribution in [0.4, 0.5) is 14.5 Å². The van der Waals surface area contributed by atoms with E-state index >= 15 is 0 Å². The molecule has 3 aliphatic rings. The van der Waals surface area contributed by atoms with Gasteiger partial charge in [0.05, 0.1) is 23.4 Å². The Labute approximate surface area is 262 Å². The van der Waals surface area contributed by atoms with Crippen molar-refractivity contribution in [2.24, 2.45) is 16.8 Å². The largest absolute Gasteiger partial charge is 0.478 e. The number of hydrogen-bond donors (Lipinski definition) is 2. The van der Waals surface area contributed by atoms with E-state index < -0.39 is 29.6 Å². The monoisotopic (exact) mass is 635 g/mol. The number of esters is 1. The van der Waals surface area contributed by atoms with Crippen LogP contribution in [0, 0.1) is 30.4 Å². The van der Waals surface area contributed by atoms with Crippen LogP contribution < -0.4 is 10.2 Å². The Morgan fingerprint density at radius 2 is 2.00 bits per heavy atom. The van der Waals surface area contributed by atoms with Gasteiger partial charge in [0.1, 0.15) is 17.7 Å². The first-order chi connectivity index (χ1) is 21.7. The fourth-order valence-electron chi connectivity index (χ4n) is 6.35. The summed E-state index contributed by atoms with van der Waals surface area (Å²) in [6.45, 7) is 5.11. The van der Waals surface area contributed by atoms with Crippen molar-refractivity contribution in [3.05, 3.63) is 92.6 Å². The first-order valence-electron chi connectivity index (χ1n) is 14.6. The number of piperidine rings is 1. The lowest BCUT2D eigenvalue weighted by molar-refractivity contribution is -0.139. The fraction of sp³-hybridized carbons (Fsp3) is 0.344. The summed E-state index contributed by atoms with van der Waals surface area (Å²) in [6, 6.07) is 7.42. The molecule has 4 heterocycles. The lowest BCUT2D eigenvalue weighted by atomic mass is 9.87. The van der Waals surface area contributed by atoms with Crippen LogP contribution in [0.1, 0.15) is 45.9 Å². The molecule has 2 aromatic carbocycles. The molecule has 2 saturated heterocycles. The summed E-state index contributed by atoms with van der Waals surface area (Å²) < 4.78 is 35.1. The van der Waals surface area contributed by atoms with E-state index in [0.29, 0.717) is 53.7 Å². The third-order valence-electron chi connectivity index (χ3n) is 8.55. The van der Waals surface area contributed by atoms with Crippen molar-refractivity contribution < 1.29 is 33.0 Å². The summed E-state index contributed by atoms with van der Waals surface area (Å²) >= 11 is 1.38. The van der Waals surface area contributed by atoms with Gasteiger partial charge >= 0.3 is 11.9 Å². The number of aromatic carboxylic acids is 1. The average molecular weight is 636 g/mol. The average Bonchev–Trinajstić information content (AvgIpc) is 3.67. The molecule has 6 rings (SSSR count). The van der Waals surface area contributed by atoms with Crippen molar-refractivity contribution in [2.45, 2.75) is 26.3 Å². The maximum Gasteiger partial charge on any atom is 0.338 e. The van der Waals surface area contributed by atoms with E-state index in [4.69, 9.17) is 9.73 Å². The number of halogens is 2. The number of anilines is 1. The van der Waals surface area contributed by atoms with Gasteiger partial charge in [0.2, 0.25) is 5.91 Å². The number of hydrogen-bond acceptors (Lipinski definition) is 9. The zero-order chi connectivity index (χ0) is 31.8. The van der Waals surface area contributed by atoms with Crippen molar-refractivity contribution in [1.82, 2.24) is 15.2 Å². The Balaban J connectivity index is 1.30. The lowest BCUT2D eigenvalue weighted by Crippen LogP contribution is -2.45. The molecule has 0 bridgehead atoms. The van der Waals surface area contributed by atoms with Gasteiger partial charge in [-0.05, 0) is 62.2 Å². The quantitative estimate of drug-likeness (QED) is 0.351. The molecule has 10 nitrogen and oxygen atoms in total. The lowest BCUT2D eigenvalue weighted by Gasteiger charge is -2.36. The van der Waals surface area contributed by atoms with Crippen LogP contribution in [0.15, 0.2) is 64.2 Å². The first kappa shape index (κ1) is 30.5. The van der Waals surface area contributed by atoms with Crippen molar-refractivity contribution in [3.8, 4) is 0 Å².